The molecule has 2 aromatic carbocycles. The number of ketones is 1. The molecule has 0 unspecified atom stereocenters. The number of nitrogens with zero attached hydrogens (tertiary/aromatic N) is 2. The van der Waals surface area contributed by atoms with E-state index < -0.39 is 0 Å². The van der Waals surface area contributed by atoms with Crippen LogP contribution in [0, 0.1) is 16.9 Å². The zero-order valence-electron chi connectivity index (χ0n) is 30.7. The van der Waals surface area contributed by atoms with E-state index in [4.69, 9.17) is 9.40 Å². The zero-order chi connectivity index (χ0) is 35.6. The van der Waals surface area contributed by atoms with Gasteiger partial charge in [-0.05, 0) is 60.7 Å². The van der Waals surface area contributed by atoms with Crippen LogP contribution in [0.15, 0.2) is 89.5 Å². The zero-order valence-corrected chi connectivity index (χ0v) is 33.9. The fourth-order valence-corrected chi connectivity index (χ4v) is 7.16. The van der Waals surface area contributed by atoms with Crippen LogP contribution in [0.25, 0.3) is 53.7 Å². The molecule has 0 fully saturated rings. The van der Waals surface area contributed by atoms with Gasteiger partial charge in [-0.15, -0.1) is 40.5 Å². The van der Waals surface area contributed by atoms with Crippen LogP contribution in [0.2, 0.25) is 0 Å². The van der Waals surface area contributed by atoms with Crippen molar-refractivity contribution in [2.75, 3.05) is 0 Å². The van der Waals surface area contributed by atoms with Crippen molar-refractivity contribution < 1.29 is 34.4 Å². The van der Waals surface area contributed by atoms with Crippen LogP contribution < -0.4 is 0 Å². The second-order valence-electron chi connectivity index (χ2n) is 14.5. The molecule has 0 aliphatic rings. The SMILES string of the molecule is CC(C)(C)c1cc(-c2nccc3cc(-c4nccc5ccoc45)sc23)[c-]c2ccccc12.CCC(C)(CC)C(=O)/C=C(\O)C(C)(CC)CC.[Ir]. The normalized spacial score (nSPS) is 12.5. The number of pyridine rings is 2. The van der Waals surface area contributed by atoms with E-state index in [2.05, 4.69) is 74.3 Å². The van der Waals surface area contributed by atoms with Crippen molar-refractivity contribution in [2.24, 2.45) is 10.8 Å². The van der Waals surface area contributed by atoms with Crippen LogP contribution >= 0.6 is 11.3 Å². The Bertz CT molecular complexity index is 2130. The molecule has 0 saturated heterocycles. The van der Waals surface area contributed by atoms with Gasteiger partial charge in [0.05, 0.1) is 11.1 Å². The molecular formula is C43H49IrN2O3S-. The number of carbonyl (C=O) groups excluding carboxylic acids is 1. The Kier molecular flexibility index (Phi) is 12.3. The molecule has 7 heteroatoms. The fraction of sp³-hybridized carbons (Fsp3) is 0.372. The minimum atomic E-state index is -0.337. The van der Waals surface area contributed by atoms with E-state index in [9.17, 15) is 9.90 Å². The number of aromatic nitrogens is 2. The Morgan fingerprint density at radius 1 is 0.840 bits per heavy atom. The van der Waals surface area contributed by atoms with Crippen LogP contribution in [0.3, 0.4) is 0 Å². The molecular weight excluding hydrogens is 817 g/mol. The topological polar surface area (TPSA) is 76.2 Å². The molecule has 4 aromatic heterocycles. The summed E-state index contributed by atoms with van der Waals surface area (Å²) in [5.41, 5.74) is 4.39. The molecule has 0 saturated carbocycles. The third-order valence-electron chi connectivity index (χ3n) is 10.5. The van der Waals surface area contributed by atoms with Crippen LogP contribution in [0.1, 0.15) is 93.6 Å². The number of rotatable bonds is 9. The second kappa shape index (κ2) is 15.7. The molecule has 4 heterocycles. The number of furan rings is 1. The molecule has 1 radical (unpaired) electrons. The molecule has 6 aromatic rings. The Labute approximate surface area is 314 Å². The van der Waals surface area contributed by atoms with Gasteiger partial charge in [0, 0.05) is 65.2 Å². The number of fused-ring (bicyclic) bond motifs is 3. The van der Waals surface area contributed by atoms with Crippen molar-refractivity contribution in [3.8, 4) is 21.8 Å². The van der Waals surface area contributed by atoms with Crippen LogP contribution in [0.4, 0.5) is 0 Å². The summed E-state index contributed by atoms with van der Waals surface area (Å²) in [6.07, 6.45) is 10.2. The Morgan fingerprint density at radius 3 is 2.10 bits per heavy atom. The molecule has 0 bridgehead atoms. The summed E-state index contributed by atoms with van der Waals surface area (Å²) in [5.74, 6) is 0.286. The molecule has 50 heavy (non-hydrogen) atoms. The predicted octanol–water partition coefficient (Wildman–Crippen LogP) is 12.7. The molecule has 0 atom stereocenters. The van der Waals surface area contributed by atoms with E-state index >= 15 is 0 Å². The molecule has 6 rings (SSSR count). The Balaban J connectivity index is 0.000000269. The van der Waals surface area contributed by atoms with E-state index in [1.54, 1.807) is 17.6 Å². The number of aliphatic hydroxyl groups excluding tert-OH is 1. The smallest absolute Gasteiger partial charge is 0.164 e. The maximum Gasteiger partial charge on any atom is 0.164 e. The maximum absolute atomic E-state index is 12.2. The first kappa shape index (κ1) is 39.2. The average molecular weight is 866 g/mol. The van der Waals surface area contributed by atoms with Gasteiger partial charge in [-0.1, -0.05) is 91.5 Å². The van der Waals surface area contributed by atoms with Gasteiger partial charge >= 0.3 is 0 Å². The quantitative estimate of drug-likeness (QED) is 0.0890. The fourth-order valence-electron chi connectivity index (χ4n) is 6.00. The first-order valence-electron chi connectivity index (χ1n) is 17.4. The van der Waals surface area contributed by atoms with Gasteiger partial charge in [-0.3, -0.25) is 14.8 Å². The minimum Gasteiger partial charge on any atom is -0.512 e. The third kappa shape index (κ3) is 7.81. The van der Waals surface area contributed by atoms with Crippen molar-refractivity contribution in [3.05, 3.63) is 96.7 Å². The minimum absolute atomic E-state index is 0. The van der Waals surface area contributed by atoms with Gasteiger partial charge in [0.1, 0.15) is 11.5 Å². The molecule has 265 valence electrons. The monoisotopic (exact) mass is 866 g/mol. The van der Waals surface area contributed by atoms with E-state index in [0.29, 0.717) is 0 Å². The van der Waals surface area contributed by atoms with Crippen molar-refractivity contribution >= 4 is 48.9 Å². The van der Waals surface area contributed by atoms with E-state index in [1.807, 2.05) is 66.1 Å². The summed E-state index contributed by atoms with van der Waals surface area (Å²) in [5, 5.41) is 14.7. The summed E-state index contributed by atoms with van der Waals surface area (Å²) in [6.45, 7) is 18.8. The largest absolute Gasteiger partial charge is 0.512 e. The van der Waals surface area contributed by atoms with Gasteiger partial charge in [-0.25, -0.2) is 0 Å². The van der Waals surface area contributed by atoms with E-state index in [1.165, 1.54) is 17.0 Å². The van der Waals surface area contributed by atoms with Crippen molar-refractivity contribution in [2.45, 2.75) is 93.4 Å². The number of hydrogen-bond donors (Lipinski definition) is 1. The molecule has 0 amide bonds. The molecule has 1 N–H and O–H groups in total. The Hall–Kier alpha value is -3.64. The van der Waals surface area contributed by atoms with Crippen molar-refractivity contribution in [3.63, 3.8) is 0 Å². The number of benzene rings is 2. The number of hydrogen-bond acceptors (Lipinski definition) is 6. The first-order valence-corrected chi connectivity index (χ1v) is 18.2. The average Bonchev–Trinajstić information content (AvgIpc) is 3.78. The third-order valence-corrected chi connectivity index (χ3v) is 11.6. The van der Waals surface area contributed by atoms with E-state index in [0.717, 1.165) is 74.0 Å². The van der Waals surface area contributed by atoms with Gasteiger partial charge in [-0.2, -0.15) is 0 Å². The summed E-state index contributed by atoms with van der Waals surface area (Å²) in [4.78, 5) is 22.7. The maximum atomic E-state index is 12.2. The van der Waals surface area contributed by atoms with Crippen LogP contribution in [0.5, 0.6) is 0 Å². The van der Waals surface area contributed by atoms with Crippen molar-refractivity contribution in [1.82, 2.24) is 9.97 Å². The van der Waals surface area contributed by atoms with Gasteiger partial charge in [0.2, 0.25) is 0 Å². The van der Waals surface area contributed by atoms with Gasteiger partial charge in [0.25, 0.3) is 0 Å². The predicted molar refractivity (Wildman–Crippen MR) is 206 cm³/mol. The van der Waals surface area contributed by atoms with Gasteiger partial charge in [0.15, 0.2) is 11.4 Å². The first-order chi connectivity index (χ1) is 23.3. The molecule has 0 spiro atoms. The van der Waals surface area contributed by atoms with Gasteiger partial charge < -0.3 is 9.52 Å². The number of aliphatic hydroxyl groups is 1. The molecule has 5 nitrogen and oxygen atoms in total. The number of carbonyl (C=O) groups is 1. The summed E-state index contributed by atoms with van der Waals surface area (Å²) >= 11 is 1.70. The standard InChI is InChI=1S/C28H21N2OS.C15H28O2.Ir/c1-28(2,3)22-15-20(14-18-6-4-5-7-21(18)22)24-27-19(9-12-29-24)16-23(32-27)25-26-17(8-11-30-25)10-13-31-26;1-7-14(5,8-2)12(16)11-13(17)15(6,9-3)10-4;/h4-13,15-16H,1-3H3;11,16H,7-10H2,1-6H3;/q-1;;/b;12-11-;. The summed E-state index contributed by atoms with van der Waals surface area (Å²) in [7, 11) is 0. The molecule has 0 aliphatic carbocycles. The van der Waals surface area contributed by atoms with E-state index in [-0.39, 0.29) is 47.9 Å². The summed E-state index contributed by atoms with van der Waals surface area (Å²) in [6, 6.07) is 22.6. The Morgan fingerprint density at radius 2 is 1.46 bits per heavy atom. The molecule has 0 aliphatic heterocycles. The van der Waals surface area contributed by atoms with Crippen LogP contribution in [-0.4, -0.2) is 20.9 Å². The number of thiophene rings is 1. The second-order valence-corrected chi connectivity index (χ2v) is 15.6. The summed E-state index contributed by atoms with van der Waals surface area (Å²) < 4.78 is 6.88. The van der Waals surface area contributed by atoms with Crippen LogP contribution in [-0.2, 0) is 30.3 Å². The van der Waals surface area contributed by atoms with Crippen molar-refractivity contribution in [1.29, 1.82) is 0 Å². The number of allylic oxidation sites excluding steroid dienone is 2.